The van der Waals surface area contributed by atoms with Crippen molar-refractivity contribution in [1.82, 2.24) is 25.6 Å². The van der Waals surface area contributed by atoms with Gasteiger partial charge in [0.1, 0.15) is 0 Å². The smallest absolute Gasteiger partial charge is 0.274 e. The molecule has 2 heterocycles. The molecule has 134 valence electrons. The van der Waals surface area contributed by atoms with E-state index in [1.165, 1.54) is 0 Å². The molecule has 6 nitrogen and oxygen atoms in total. The fourth-order valence-corrected chi connectivity index (χ4v) is 3.72. The lowest BCUT2D eigenvalue weighted by atomic mass is 10.1. The van der Waals surface area contributed by atoms with Gasteiger partial charge in [0.15, 0.2) is 5.69 Å². The molecule has 1 aromatic heterocycles. The van der Waals surface area contributed by atoms with Crippen LogP contribution in [0, 0.1) is 6.92 Å². The highest BCUT2D eigenvalue weighted by atomic mass is 35.5. The van der Waals surface area contributed by atoms with Crippen LogP contribution in [-0.4, -0.2) is 34.0 Å². The second kappa shape index (κ2) is 7.72. The minimum absolute atomic E-state index is 0.254. The SMILES string of the molecule is Cc1c(C(=O)NC(C)c2ccc(Cl)cc2Cl)nnn1C1CCNCC1. The summed E-state index contributed by atoms with van der Waals surface area (Å²) in [5.41, 5.74) is 1.96. The molecule has 3 rings (SSSR count). The summed E-state index contributed by atoms with van der Waals surface area (Å²) in [6.07, 6.45) is 1.98. The number of rotatable bonds is 4. The Labute approximate surface area is 156 Å². The van der Waals surface area contributed by atoms with Crippen LogP contribution in [0.1, 0.15) is 53.6 Å². The van der Waals surface area contributed by atoms with Crippen LogP contribution in [0.4, 0.5) is 0 Å². The molecule has 2 aromatic rings. The number of piperidine rings is 1. The van der Waals surface area contributed by atoms with Crippen LogP contribution < -0.4 is 10.6 Å². The van der Waals surface area contributed by atoms with Gasteiger partial charge in [0, 0.05) is 10.0 Å². The minimum atomic E-state index is -0.263. The van der Waals surface area contributed by atoms with E-state index in [1.54, 1.807) is 12.1 Å². The number of hydrogen-bond donors (Lipinski definition) is 2. The predicted octanol–water partition coefficient (Wildman–Crippen LogP) is 3.31. The highest BCUT2D eigenvalue weighted by Gasteiger charge is 2.24. The minimum Gasteiger partial charge on any atom is -0.344 e. The molecule has 0 radical (unpaired) electrons. The number of hydrogen-bond acceptors (Lipinski definition) is 4. The average Bonchev–Trinajstić information content (AvgIpc) is 2.97. The second-order valence-electron chi connectivity index (χ2n) is 6.31. The van der Waals surface area contributed by atoms with Gasteiger partial charge < -0.3 is 10.6 Å². The van der Waals surface area contributed by atoms with Gasteiger partial charge in [-0.2, -0.15) is 0 Å². The third kappa shape index (κ3) is 3.97. The Bertz CT molecular complexity index is 770. The van der Waals surface area contributed by atoms with Crippen molar-refractivity contribution in [3.63, 3.8) is 0 Å². The fraction of sp³-hybridized carbons (Fsp3) is 0.471. The molecular weight excluding hydrogens is 361 g/mol. The summed E-state index contributed by atoms with van der Waals surface area (Å²) in [5, 5.41) is 15.7. The van der Waals surface area contributed by atoms with Crippen molar-refractivity contribution in [3.05, 3.63) is 45.2 Å². The lowest BCUT2D eigenvalue weighted by Gasteiger charge is -2.23. The summed E-state index contributed by atoms with van der Waals surface area (Å²) in [6.45, 7) is 5.67. The first-order chi connectivity index (χ1) is 12.0. The molecule has 1 aliphatic heterocycles. The maximum absolute atomic E-state index is 12.6. The number of nitrogens with zero attached hydrogens (tertiary/aromatic N) is 3. The van der Waals surface area contributed by atoms with Crippen molar-refractivity contribution < 1.29 is 4.79 Å². The van der Waals surface area contributed by atoms with Crippen LogP contribution in [-0.2, 0) is 0 Å². The number of amides is 1. The summed E-state index contributed by atoms with van der Waals surface area (Å²) < 4.78 is 1.87. The molecule has 1 saturated heterocycles. The molecule has 25 heavy (non-hydrogen) atoms. The van der Waals surface area contributed by atoms with Crippen molar-refractivity contribution in [3.8, 4) is 0 Å². The van der Waals surface area contributed by atoms with Crippen LogP contribution >= 0.6 is 23.2 Å². The quantitative estimate of drug-likeness (QED) is 0.851. The Kier molecular flexibility index (Phi) is 5.61. The first-order valence-corrected chi connectivity index (χ1v) is 9.11. The lowest BCUT2D eigenvalue weighted by Crippen LogP contribution is -2.31. The monoisotopic (exact) mass is 381 g/mol. The van der Waals surface area contributed by atoms with Gasteiger partial charge >= 0.3 is 0 Å². The number of carbonyl (C=O) groups is 1. The zero-order chi connectivity index (χ0) is 18.0. The predicted molar refractivity (Wildman–Crippen MR) is 98.2 cm³/mol. The van der Waals surface area contributed by atoms with Gasteiger partial charge in [-0.1, -0.05) is 34.5 Å². The highest BCUT2D eigenvalue weighted by molar-refractivity contribution is 6.35. The van der Waals surface area contributed by atoms with Crippen LogP contribution in [0.3, 0.4) is 0 Å². The molecule has 2 N–H and O–H groups in total. The largest absolute Gasteiger partial charge is 0.344 e. The Balaban J connectivity index is 1.74. The summed E-state index contributed by atoms with van der Waals surface area (Å²) in [6, 6.07) is 5.26. The highest BCUT2D eigenvalue weighted by Crippen LogP contribution is 2.26. The molecule has 1 fully saturated rings. The Morgan fingerprint density at radius 2 is 2.08 bits per heavy atom. The van der Waals surface area contributed by atoms with E-state index < -0.39 is 0 Å². The molecule has 1 unspecified atom stereocenters. The third-order valence-electron chi connectivity index (χ3n) is 4.57. The maximum atomic E-state index is 12.6. The van der Waals surface area contributed by atoms with Crippen LogP contribution in [0.2, 0.25) is 10.0 Å². The Morgan fingerprint density at radius 3 is 2.76 bits per heavy atom. The summed E-state index contributed by atoms with van der Waals surface area (Å²) in [7, 11) is 0. The van der Waals surface area contributed by atoms with Gasteiger partial charge in [0.2, 0.25) is 0 Å². The van der Waals surface area contributed by atoms with E-state index in [0.29, 0.717) is 21.8 Å². The molecule has 0 aliphatic carbocycles. The number of halogens is 2. The van der Waals surface area contributed by atoms with E-state index in [9.17, 15) is 4.79 Å². The Hall–Kier alpha value is -1.63. The summed E-state index contributed by atoms with van der Waals surface area (Å²) in [4.78, 5) is 12.6. The number of aromatic nitrogens is 3. The standard InChI is InChI=1S/C17H21Cl2N5O/c1-10(14-4-3-12(18)9-15(14)19)21-17(25)16-11(2)24(23-22-16)13-5-7-20-8-6-13/h3-4,9-10,13,20H,5-8H2,1-2H3,(H,21,25). The summed E-state index contributed by atoms with van der Waals surface area (Å²) in [5.74, 6) is -0.254. The van der Waals surface area contributed by atoms with Gasteiger partial charge in [-0.3, -0.25) is 4.79 Å². The van der Waals surface area contributed by atoms with Gasteiger partial charge in [-0.05, 0) is 57.5 Å². The van der Waals surface area contributed by atoms with Crippen molar-refractivity contribution in [2.45, 2.75) is 38.8 Å². The zero-order valence-electron chi connectivity index (χ0n) is 14.2. The zero-order valence-corrected chi connectivity index (χ0v) is 15.7. The molecule has 1 amide bonds. The van der Waals surface area contributed by atoms with Crippen LogP contribution in [0.25, 0.3) is 0 Å². The van der Waals surface area contributed by atoms with Crippen molar-refractivity contribution >= 4 is 29.1 Å². The normalized spacial score (nSPS) is 16.6. The molecule has 0 saturated carbocycles. The number of benzene rings is 1. The van der Waals surface area contributed by atoms with Gasteiger partial charge in [-0.25, -0.2) is 4.68 Å². The van der Waals surface area contributed by atoms with E-state index in [1.807, 2.05) is 24.6 Å². The van der Waals surface area contributed by atoms with Crippen molar-refractivity contribution in [2.24, 2.45) is 0 Å². The molecule has 1 atom stereocenters. The number of carbonyl (C=O) groups excluding carboxylic acids is 1. The molecule has 1 aliphatic rings. The van der Waals surface area contributed by atoms with Crippen molar-refractivity contribution in [2.75, 3.05) is 13.1 Å². The molecule has 0 spiro atoms. The second-order valence-corrected chi connectivity index (χ2v) is 7.15. The van der Waals surface area contributed by atoms with Gasteiger partial charge in [0.25, 0.3) is 5.91 Å². The van der Waals surface area contributed by atoms with E-state index in [4.69, 9.17) is 23.2 Å². The first kappa shape index (κ1) is 18.2. The fourth-order valence-electron chi connectivity index (χ4n) is 3.14. The average molecular weight is 382 g/mol. The van der Waals surface area contributed by atoms with E-state index in [2.05, 4.69) is 20.9 Å². The van der Waals surface area contributed by atoms with Crippen LogP contribution in [0.15, 0.2) is 18.2 Å². The third-order valence-corrected chi connectivity index (χ3v) is 5.14. The van der Waals surface area contributed by atoms with Gasteiger partial charge in [0.05, 0.1) is 17.8 Å². The molecule has 8 heteroatoms. The summed E-state index contributed by atoms with van der Waals surface area (Å²) >= 11 is 12.1. The van der Waals surface area contributed by atoms with Crippen LogP contribution in [0.5, 0.6) is 0 Å². The van der Waals surface area contributed by atoms with Crippen molar-refractivity contribution in [1.29, 1.82) is 0 Å². The van der Waals surface area contributed by atoms with E-state index in [0.717, 1.165) is 37.2 Å². The van der Waals surface area contributed by atoms with Gasteiger partial charge in [-0.15, -0.1) is 5.10 Å². The topological polar surface area (TPSA) is 71.8 Å². The van der Waals surface area contributed by atoms with E-state index >= 15 is 0 Å². The Morgan fingerprint density at radius 1 is 1.36 bits per heavy atom. The number of nitrogens with one attached hydrogen (secondary N) is 2. The molecule has 0 bridgehead atoms. The first-order valence-electron chi connectivity index (χ1n) is 8.35. The maximum Gasteiger partial charge on any atom is 0.274 e. The van der Waals surface area contributed by atoms with E-state index in [-0.39, 0.29) is 11.9 Å². The molecule has 1 aromatic carbocycles. The molecular formula is C17H21Cl2N5O. The lowest BCUT2D eigenvalue weighted by molar-refractivity contribution is 0.0934.